The van der Waals surface area contributed by atoms with Gasteiger partial charge < -0.3 is 14.7 Å². The quantitative estimate of drug-likeness (QED) is 0.308. The first-order valence-corrected chi connectivity index (χ1v) is 13.8. The number of ether oxygens (including phenoxy) is 1. The fourth-order valence-corrected chi connectivity index (χ4v) is 6.02. The van der Waals surface area contributed by atoms with Crippen LogP contribution in [0, 0.1) is 6.92 Å². The van der Waals surface area contributed by atoms with Gasteiger partial charge in [-0.25, -0.2) is 9.50 Å². The van der Waals surface area contributed by atoms with Crippen LogP contribution in [0.25, 0.3) is 16.9 Å². The van der Waals surface area contributed by atoms with E-state index in [1.165, 1.54) is 14.0 Å². The van der Waals surface area contributed by atoms with Crippen molar-refractivity contribution in [1.82, 2.24) is 24.4 Å². The van der Waals surface area contributed by atoms with Gasteiger partial charge in [0.2, 0.25) is 0 Å². The summed E-state index contributed by atoms with van der Waals surface area (Å²) in [5, 5.41) is 14.2. The molecule has 2 aromatic carbocycles. The Morgan fingerprint density at radius 3 is 2.49 bits per heavy atom. The smallest absolute Gasteiger partial charge is 0.433 e. The molecule has 0 bridgehead atoms. The van der Waals surface area contributed by atoms with E-state index in [0.717, 1.165) is 16.2 Å². The fraction of sp³-hybridized carbons (Fsp3) is 0.345. The number of rotatable bonds is 6. The molecule has 2 aromatic heterocycles. The zero-order valence-electron chi connectivity index (χ0n) is 22.7. The number of halogens is 4. The molecular weight excluding hydrogens is 603 g/mol. The fourth-order valence-electron chi connectivity index (χ4n) is 5.47. The Morgan fingerprint density at radius 2 is 1.88 bits per heavy atom. The van der Waals surface area contributed by atoms with Gasteiger partial charge in [-0.05, 0) is 49.7 Å². The van der Waals surface area contributed by atoms with E-state index >= 15 is 0 Å². The molecule has 2 atom stereocenters. The van der Waals surface area contributed by atoms with Gasteiger partial charge in [0.1, 0.15) is 11.3 Å². The number of amides is 1. The molecule has 1 aliphatic rings. The molecule has 1 amide bonds. The molecule has 12 heteroatoms. The third-order valence-electron chi connectivity index (χ3n) is 7.54. The number of carbonyl (C=O) groups excluding carboxylic acids is 1. The summed E-state index contributed by atoms with van der Waals surface area (Å²) in [7, 11) is 1.50. The van der Waals surface area contributed by atoms with E-state index in [-0.39, 0.29) is 41.2 Å². The predicted molar refractivity (Wildman–Crippen MR) is 151 cm³/mol. The molecule has 8 nitrogen and oxygen atoms in total. The maximum absolute atomic E-state index is 14.3. The van der Waals surface area contributed by atoms with Gasteiger partial charge >= 0.3 is 6.18 Å². The first-order chi connectivity index (χ1) is 19.5. The molecule has 0 aliphatic carbocycles. The van der Waals surface area contributed by atoms with Crippen molar-refractivity contribution in [2.24, 2.45) is 0 Å². The number of piperazine rings is 1. The van der Waals surface area contributed by atoms with Crippen LogP contribution in [-0.4, -0.2) is 74.8 Å². The van der Waals surface area contributed by atoms with Crippen molar-refractivity contribution in [3.63, 3.8) is 0 Å². The number of nitrogens with zero attached hydrogens (tertiary/aromatic N) is 5. The molecule has 1 fully saturated rings. The van der Waals surface area contributed by atoms with Crippen molar-refractivity contribution in [3.8, 4) is 17.0 Å². The standard InChI is InChI=1S/C29H29BrF3N5O3/c1-17-15-36(24(16-39)21-6-4-5-7-23(21)30)12-13-37(17)28(40)22-14-34-38-26(29(31,32)33)18(2)25(35-27(22)38)19-8-10-20(41-3)11-9-19/h4-11,14,17,24,39H,12-13,15-16H2,1-3H3/t17-,24?/m1/s1. The highest BCUT2D eigenvalue weighted by Gasteiger charge is 2.40. The molecule has 4 aromatic rings. The van der Waals surface area contributed by atoms with Gasteiger partial charge in [0, 0.05) is 41.3 Å². The van der Waals surface area contributed by atoms with Crippen LogP contribution in [-0.2, 0) is 6.18 Å². The number of aliphatic hydroxyl groups excluding tert-OH is 1. The molecule has 0 saturated carbocycles. The summed E-state index contributed by atoms with van der Waals surface area (Å²) in [5.74, 6) is 0.110. The topological polar surface area (TPSA) is 83.2 Å². The molecule has 5 rings (SSSR count). The molecule has 0 radical (unpaired) electrons. The molecule has 1 aliphatic heterocycles. The van der Waals surface area contributed by atoms with Gasteiger partial charge in [0.25, 0.3) is 5.91 Å². The Labute approximate surface area is 243 Å². The number of hydrogen-bond acceptors (Lipinski definition) is 6. The number of hydrogen-bond donors (Lipinski definition) is 1. The lowest BCUT2D eigenvalue weighted by Gasteiger charge is -2.43. The van der Waals surface area contributed by atoms with Crippen LogP contribution in [0.15, 0.2) is 59.2 Å². The molecule has 0 spiro atoms. The molecule has 41 heavy (non-hydrogen) atoms. The highest BCUT2D eigenvalue weighted by Crippen LogP contribution is 2.37. The van der Waals surface area contributed by atoms with Crippen LogP contribution in [0.5, 0.6) is 5.75 Å². The summed E-state index contributed by atoms with van der Waals surface area (Å²) in [6, 6.07) is 13.7. The lowest BCUT2D eigenvalue weighted by atomic mass is 10.0. The second-order valence-electron chi connectivity index (χ2n) is 10.0. The minimum Gasteiger partial charge on any atom is -0.497 e. The van der Waals surface area contributed by atoms with Crippen molar-refractivity contribution in [2.45, 2.75) is 32.1 Å². The molecule has 1 N–H and O–H groups in total. The Hall–Kier alpha value is -3.48. The van der Waals surface area contributed by atoms with Crippen molar-refractivity contribution in [1.29, 1.82) is 0 Å². The van der Waals surface area contributed by atoms with Crippen LogP contribution >= 0.6 is 15.9 Å². The van der Waals surface area contributed by atoms with E-state index in [4.69, 9.17) is 4.74 Å². The Kier molecular flexibility index (Phi) is 8.09. The van der Waals surface area contributed by atoms with E-state index in [1.54, 1.807) is 29.2 Å². The van der Waals surface area contributed by atoms with Gasteiger partial charge in [-0.15, -0.1) is 0 Å². The third-order valence-corrected chi connectivity index (χ3v) is 8.27. The monoisotopic (exact) mass is 631 g/mol. The van der Waals surface area contributed by atoms with Crippen LogP contribution in [0.2, 0.25) is 0 Å². The summed E-state index contributed by atoms with van der Waals surface area (Å²) in [6.07, 6.45) is -3.57. The zero-order valence-corrected chi connectivity index (χ0v) is 24.3. The summed E-state index contributed by atoms with van der Waals surface area (Å²) in [4.78, 5) is 22.1. The lowest BCUT2D eigenvalue weighted by molar-refractivity contribution is -0.143. The van der Waals surface area contributed by atoms with Crippen LogP contribution in [0.3, 0.4) is 0 Å². The Balaban J connectivity index is 1.49. The molecule has 1 unspecified atom stereocenters. The van der Waals surface area contributed by atoms with Crippen molar-refractivity contribution < 1.29 is 27.8 Å². The van der Waals surface area contributed by atoms with Crippen molar-refractivity contribution >= 4 is 27.5 Å². The number of aliphatic hydroxyl groups is 1. The number of fused-ring (bicyclic) bond motifs is 1. The van der Waals surface area contributed by atoms with E-state index in [2.05, 4.69) is 30.9 Å². The van der Waals surface area contributed by atoms with Crippen LogP contribution in [0.4, 0.5) is 13.2 Å². The number of alkyl halides is 3. The number of methoxy groups -OCH3 is 1. The van der Waals surface area contributed by atoms with E-state index in [1.807, 2.05) is 31.2 Å². The van der Waals surface area contributed by atoms with Crippen molar-refractivity contribution in [3.05, 3.63) is 81.6 Å². The minimum absolute atomic E-state index is 0.00456. The van der Waals surface area contributed by atoms with Gasteiger partial charge in [0.15, 0.2) is 11.3 Å². The van der Waals surface area contributed by atoms with Gasteiger partial charge in [-0.1, -0.05) is 34.1 Å². The summed E-state index contributed by atoms with van der Waals surface area (Å²) in [6.45, 7) is 4.39. The zero-order chi connectivity index (χ0) is 29.5. The molecule has 1 saturated heterocycles. The predicted octanol–water partition coefficient (Wildman–Crippen LogP) is 5.37. The SMILES string of the molecule is COc1ccc(-c2nc3c(C(=O)N4CCN(C(CO)c5ccccc5Br)C[C@H]4C)cnn3c(C(F)(F)F)c2C)cc1. The number of benzene rings is 2. The van der Waals surface area contributed by atoms with Gasteiger partial charge in [-0.3, -0.25) is 9.69 Å². The normalized spacial score (nSPS) is 17.2. The largest absolute Gasteiger partial charge is 0.497 e. The first kappa shape index (κ1) is 29.0. The third kappa shape index (κ3) is 5.43. The summed E-state index contributed by atoms with van der Waals surface area (Å²) in [5.41, 5.74) is 0.268. The average Bonchev–Trinajstić information content (AvgIpc) is 3.36. The maximum atomic E-state index is 14.3. The van der Waals surface area contributed by atoms with Crippen molar-refractivity contribution in [2.75, 3.05) is 33.4 Å². The highest BCUT2D eigenvalue weighted by atomic mass is 79.9. The molecular formula is C29H29BrF3N5O3. The second kappa shape index (κ2) is 11.4. The second-order valence-corrected chi connectivity index (χ2v) is 10.9. The Morgan fingerprint density at radius 1 is 1.17 bits per heavy atom. The first-order valence-electron chi connectivity index (χ1n) is 13.0. The number of carbonyl (C=O) groups is 1. The van der Waals surface area contributed by atoms with Crippen LogP contribution < -0.4 is 4.74 Å². The summed E-state index contributed by atoms with van der Waals surface area (Å²) < 4.78 is 49.7. The van der Waals surface area contributed by atoms with E-state index in [9.17, 15) is 23.1 Å². The Bertz CT molecular complexity index is 1570. The van der Waals surface area contributed by atoms with Gasteiger partial charge in [0.05, 0.1) is 31.6 Å². The maximum Gasteiger partial charge on any atom is 0.433 e. The van der Waals surface area contributed by atoms with Crippen LogP contribution in [0.1, 0.15) is 40.1 Å². The minimum atomic E-state index is -4.73. The van der Waals surface area contributed by atoms with Gasteiger partial charge in [-0.2, -0.15) is 18.3 Å². The molecule has 3 heterocycles. The lowest BCUT2D eigenvalue weighted by Crippen LogP contribution is -2.55. The van der Waals surface area contributed by atoms with E-state index in [0.29, 0.717) is 35.5 Å². The van der Waals surface area contributed by atoms with E-state index < -0.39 is 17.8 Å². The average molecular weight is 632 g/mol. The molecule has 216 valence electrons. The number of aromatic nitrogens is 3. The highest BCUT2D eigenvalue weighted by molar-refractivity contribution is 9.10. The summed E-state index contributed by atoms with van der Waals surface area (Å²) >= 11 is 3.55.